The zero-order valence-corrected chi connectivity index (χ0v) is 15.2. The van der Waals surface area contributed by atoms with Gasteiger partial charge >= 0.3 is 0 Å². The lowest BCUT2D eigenvalue weighted by atomic mass is 10.1. The van der Waals surface area contributed by atoms with Gasteiger partial charge in [0, 0.05) is 33.8 Å². The highest BCUT2D eigenvalue weighted by molar-refractivity contribution is 9.10. The molecule has 1 aromatic heterocycles. The van der Waals surface area contributed by atoms with Crippen LogP contribution in [-0.2, 0) is 9.59 Å². The Morgan fingerprint density at radius 2 is 2.04 bits per heavy atom. The van der Waals surface area contributed by atoms with Crippen LogP contribution < -0.4 is 10.2 Å². The molecular formula is C16H13Br2N3O2. The fourth-order valence-electron chi connectivity index (χ4n) is 2.45. The van der Waals surface area contributed by atoms with Crippen LogP contribution in [0.1, 0.15) is 6.42 Å². The van der Waals surface area contributed by atoms with Gasteiger partial charge in [-0.25, -0.2) is 4.98 Å². The number of carbonyl (C=O) groups excluding carboxylic acids is 2. The minimum Gasteiger partial charge on any atom is -0.312 e. The Morgan fingerprint density at radius 1 is 1.22 bits per heavy atom. The molecule has 118 valence electrons. The van der Waals surface area contributed by atoms with Crippen molar-refractivity contribution in [2.75, 3.05) is 16.8 Å². The largest absolute Gasteiger partial charge is 0.312 e. The van der Waals surface area contributed by atoms with Crippen LogP contribution >= 0.6 is 31.9 Å². The molecule has 1 aliphatic heterocycles. The summed E-state index contributed by atoms with van der Waals surface area (Å²) in [6.07, 6.45) is 1.82. The molecule has 23 heavy (non-hydrogen) atoms. The average Bonchev–Trinajstić information content (AvgIpc) is 2.92. The minimum absolute atomic E-state index is 0.0491. The van der Waals surface area contributed by atoms with Crippen molar-refractivity contribution in [1.82, 2.24) is 4.98 Å². The summed E-state index contributed by atoms with van der Waals surface area (Å²) in [5, 5.41) is 2.76. The summed E-state index contributed by atoms with van der Waals surface area (Å²) in [6, 6.07) is 11.0. The van der Waals surface area contributed by atoms with E-state index < -0.39 is 0 Å². The summed E-state index contributed by atoms with van der Waals surface area (Å²) in [5.41, 5.74) is 0.793. The number of amides is 2. The second kappa shape index (κ2) is 6.80. The number of nitrogens with one attached hydrogen (secondary N) is 1. The first-order valence-corrected chi connectivity index (χ1v) is 8.60. The fourth-order valence-corrected chi connectivity index (χ4v) is 3.08. The second-order valence-electron chi connectivity index (χ2n) is 5.24. The number of nitrogens with zero attached hydrogens (tertiary/aromatic N) is 2. The Morgan fingerprint density at radius 3 is 2.74 bits per heavy atom. The summed E-state index contributed by atoms with van der Waals surface area (Å²) in [7, 11) is 0. The molecule has 1 fully saturated rings. The highest BCUT2D eigenvalue weighted by Crippen LogP contribution is 2.27. The van der Waals surface area contributed by atoms with Crippen LogP contribution in [0.5, 0.6) is 0 Å². The van der Waals surface area contributed by atoms with Crippen LogP contribution in [0.2, 0.25) is 0 Å². The van der Waals surface area contributed by atoms with Gasteiger partial charge in [-0.2, -0.15) is 0 Å². The first-order chi connectivity index (χ1) is 11.0. The third kappa shape index (κ3) is 3.79. The molecule has 2 amide bonds. The molecular weight excluding hydrogens is 426 g/mol. The van der Waals surface area contributed by atoms with Crippen LogP contribution in [0, 0.1) is 5.92 Å². The van der Waals surface area contributed by atoms with Gasteiger partial charge in [-0.05, 0) is 46.3 Å². The molecule has 2 heterocycles. The molecule has 0 bridgehead atoms. The van der Waals surface area contributed by atoms with Crippen molar-refractivity contribution in [3.8, 4) is 0 Å². The third-order valence-electron chi connectivity index (χ3n) is 3.59. The number of aromatic nitrogens is 1. The molecule has 0 spiro atoms. The monoisotopic (exact) mass is 437 g/mol. The Bertz CT molecular complexity index is 749. The lowest BCUT2D eigenvalue weighted by Crippen LogP contribution is -2.28. The van der Waals surface area contributed by atoms with E-state index in [0.717, 1.165) is 14.6 Å². The van der Waals surface area contributed by atoms with Crippen LogP contribution in [0.3, 0.4) is 0 Å². The van der Waals surface area contributed by atoms with Crippen molar-refractivity contribution in [3.05, 3.63) is 51.5 Å². The highest BCUT2D eigenvalue weighted by Gasteiger charge is 2.35. The van der Waals surface area contributed by atoms with Gasteiger partial charge in [0.2, 0.25) is 11.8 Å². The Balaban J connectivity index is 1.69. The van der Waals surface area contributed by atoms with E-state index in [4.69, 9.17) is 0 Å². The topological polar surface area (TPSA) is 62.3 Å². The maximum absolute atomic E-state index is 12.3. The Labute approximate surface area is 150 Å². The van der Waals surface area contributed by atoms with Gasteiger partial charge in [0.1, 0.15) is 5.82 Å². The van der Waals surface area contributed by atoms with Crippen molar-refractivity contribution in [2.24, 2.45) is 5.92 Å². The second-order valence-corrected chi connectivity index (χ2v) is 7.07. The lowest BCUT2D eigenvalue weighted by Gasteiger charge is -2.17. The van der Waals surface area contributed by atoms with Crippen molar-refractivity contribution < 1.29 is 9.59 Å². The Kier molecular flexibility index (Phi) is 4.77. The Hall–Kier alpha value is -1.73. The number of anilines is 2. The predicted octanol–water partition coefficient (Wildman–Crippen LogP) is 3.60. The van der Waals surface area contributed by atoms with Crippen molar-refractivity contribution in [1.29, 1.82) is 0 Å². The van der Waals surface area contributed by atoms with Gasteiger partial charge in [-0.15, -0.1) is 0 Å². The minimum atomic E-state index is -0.382. The normalized spacial score (nSPS) is 17.4. The highest BCUT2D eigenvalue weighted by atomic mass is 79.9. The maximum atomic E-state index is 12.3. The van der Waals surface area contributed by atoms with Gasteiger partial charge in [-0.3, -0.25) is 9.59 Å². The van der Waals surface area contributed by atoms with E-state index in [9.17, 15) is 9.59 Å². The van der Waals surface area contributed by atoms with Crippen LogP contribution in [0.15, 0.2) is 51.5 Å². The predicted molar refractivity (Wildman–Crippen MR) is 95.2 cm³/mol. The number of rotatable bonds is 3. The van der Waals surface area contributed by atoms with Crippen molar-refractivity contribution >= 4 is 55.2 Å². The molecule has 1 atom stereocenters. The number of benzene rings is 1. The molecule has 0 saturated carbocycles. The molecule has 1 N–H and O–H groups in total. The molecule has 1 aromatic carbocycles. The molecule has 0 radical (unpaired) electrons. The van der Waals surface area contributed by atoms with Gasteiger partial charge in [0.15, 0.2) is 0 Å². The standard InChI is InChI=1S/C16H13Br2N3O2/c17-11-2-1-3-13(7-11)21-9-10(6-15(21)22)16(23)20-14-5-4-12(18)8-19-14/h1-5,7-8,10H,6,9H2,(H,19,20,23)/t10-/m0/s1. The van der Waals surface area contributed by atoms with E-state index in [-0.39, 0.29) is 24.2 Å². The van der Waals surface area contributed by atoms with E-state index in [1.54, 1.807) is 23.2 Å². The molecule has 3 rings (SSSR count). The summed E-state index contributed by atoms with van der Waals surface area (Å²) in [4.78, 5) is 30.3. The quantitative estimate of drug-likeness (QED) is 0.796. The molecule has 7 heteroatoms. The molecule has 0 aliphatic carbocycles. The van der Waals surface area contributed by atoms with E-state index >= 15 is 0 Å². The number of pyridine rings is 1. The lowest BCUT2D eigenvalue weighted by molar-refractivity contribution is -0.122. The number of carbonyl (C=O) groups is 2. The molecule has 0 unspecified atom stereocenters. The number of hydrogen-bond acceptors (Lipinski definition) is 3. The summed E-state index contributed by atoms with van der Waals surface area (Å²) >= 11 is 6.69. The van der Waals surface area contributed by atoms with Crippen LogP contribution in [0.4, 0.5) is 11.5 Å². The molecule has 5 nitrogen and oxygen atoms in total. The zero-order valence-electron chi connectivity index (χ0n) is 12.0. The molecule has 2 aromatic rings. The van der Waals surface area contributed by atoms with Crippen LogP contribution in [-0.4, -0.2) is 23.3 Å². The molecule has 1 saturated heterocycles. The first kappa shape index (κ1) is 16.1. The van der Waals surface area contributed by atoms with Crippen molar-refractivity contribution in [3.63, 3.8) is 0 Å². The SMILES string of the molecule is O=C(Nc1ccc(Br)cn1)[C@H]1CC(=O)N(c2cccc(Br)c2)C1. The van der Waals surface area contributed by atoms with E-state index in [2.05, 4.69) is 42.2 Å². The fraction of sp³-hybridized carbons (Fsp3) is 0.188. The van der Waals surface area contributed by atoms with E-state index in [1.807, 2.05) is 24.3 Å². The van der Waals surface area contributed by atoms with Gasteiger partial charge in [-0.1, -0.05) is 22.0 Å². The summed E-state index contributed by atoms with van der Waals surface area (Å²) < 4.78 is 1.74. The third-order valence-corrected chi connectivity index (χ3v) is 4.56. The zero-order chi connectivity index (χ0) is 16.4. The van der Waals surface area contributed by atoms with E-state index in [0.29, 0.717) is 12.4 Å². The summed E-state index contributed by atoms with van der Waals surface area (Å²) in [6.45, 7) is 0.373. The van der Waals surface area contributed by atoms with Gasteiger partial charge < -0.3 is 10.2 Å². The van der Waals surface area contributed by atoms with Crippen LogP contribution in [0.25, 0.3) is 0 Å². The number of halogens is 2. The van der Waals surface area contributed by atoms with Gasteiger partial charge in [0.05, 0.1) is 5.92 Å². The van der Waals surface area contributed by atoms with E-state index in [1.165, 1.54) is 0 Å². The van der Waals surface area contributed by atoms with Crippen molar-refractivity contribution in [2.45, 2.75) is 6.42 Å². The number of hydrogen-bond donors (Lipinski definition) is 1. The average molecular weight is 439 g/mol. The summed E-state index contributed by atoms with van der Waals surface area (Å²) in [5.74, 6) is -0.142. The first-order valence-electron chi connectivity index (χ1n) is 7.01. The maximum Gasteiger partial charge on any atom is 0.230 e. The smallest absolute Gasteiger partial charge is 0.230 e. The van der Waals surface area contributed by atoms with Gasteiger partial charge in [0.25, 0.3) is 0 Å². The molecule has 1 aliphatic rings.